The second kappa shape index (κ2) is 6.49. The molecule has 2 aromatic carbocycles. The number of thiocarbonyl (C=S) groups is 1. The number of aromatic carboxylic acids is 1. The quantitative estimate of drug-likeness (QED) is 0.885. The van der Waals surface area contributed by atoms with Crippen LogP contribution in [0, 0.1) is 6.92 Å². The van der Waals surface area contributed by atoms with Crippen LogP contribution in [0.1, 0.15) is 31.8 Å². The molecule has 112 valence electrons. The van der Waals surface area contributed by atoms with Crippen molar-refractivity contribution in [3.05, 3.63) is 70.8 Å². The lowest BCUT2D eigenvalue weighted by molar-refractivity contribution is 0.0688. The van der Waals surface area contributed by atoms with E-state index in [4.69, 9.17) is 12.2 Å². The summed E-state index contributed by atoms with van der Waals surface area (Å²) >= 11 is 5.33. The lowest BCUT2D eigenvalue weighted by Gasteiger charge is -2.19. The molecule has 0 aliphatic rings. The lowest BCUT2D eigenvalue weighted by atomic mass is 10.1. The fourth-order valence-corrected chi connectivity index (χ4v) is 2.24. The Morgan fingerprint density at radius 3 is 2.09 bits per heavy atom. The molecule has 0 atom stereocenters. The molecular weight excluding hydrogens is 298 g/mol. The third-order valence-corrected chi connectivity index (χ3v) is 3.81. The normalized spacial score (nSPS) is 10.1. The van der Waals surface area contributed by atoms with Gasteiger partial charge < -0.3 is 10.0 Å². The largest absolute Gasteiger partial charge is 0.478 e. The van der Waals surface area contributed by atoms with Crippen LogP contribution in [0.25, 0.3) is 0 Å². The summed E-state index contributed by atoms with van der Waals surface area (Å²) in [4.78, 5) is 25.4. The minimum absolute atomic E-state index is 0.0361. The van der Waals surface area contributed by atoms with Crippen LogP contribution in [0.2, 0.25) is 0 Å². The average Bonchev–Trinajstić information content (AvgIpc) is 2.53. The lowest BCUT2D eigenvalue weighted by Crippen LogP contribution is -2.33. The zero-order valence-corrected chi connectivity index (χ0v) is 13.1. The van der Waals surface area contributed by atoms with E-state index >= 15 is 0 Å². The van der Waals surface area contributed by atoms with Crippen molar-refractivity contribution < 1.29 is 14.7 Å². The van der Waals surface area contributed by atoms with E-state index in [1.54, 1.807) is 19.2 Å². The molecule has 0 aliphatic heterocycles. The highest BCUT2D eigenvalue weighted by Crippen LogP contribution is 2.14. The van der Waals surface area contributed by atoms with Gasteiger partial charge in [0.25, 0.3) is 5.91 Å². The SMILES string of the molecule is Cc1ccc(C(=S)N(C)C(=O)c2ccccc2C(=O)O)cc1. The minimum atomic E-state index is -1.14. The van der Waals surface area contributed by atoms with Gasteiger partial charge in [0.05, 0.1) is 11.1 Å². The molecule has 0 heterocycles. The number of carboxylic acid groups (broad SMARTS) is 1. The molecule has 0 fully saturated rings. The third-order valence-electron chi connectivity index (χ3n) is 3.30. The summed E-state index contributed by atoms with van der Waals surface area (Å²) in [6.45, 7) is 1.96. The first-order chi connectivity index (χ1) is 10.4. The molecule has 22 heavy (non-hydrogen) atoms. The monoisotopic (exact) mass is 313 g/mol. The molecule has 0 saturated heterocycles. The van der Waals surface area contributed by atoms with Crippen LogP contribution in [-0.2, 0) is 0 Å². The zero-order valence-electron chi connectivity index (χ0n) is 12.2. The number of hydrogen-bond acceptors (Lipinski definition) is 3. The van der Waals surface area contributed by atoms with Crippen molar-refractivity contribution >= 4 is 29.1 Å². The number of benzene rings is 2. The van der Waals surface area contributed by atoms with Gasteiger partial charge >= 0.3 is 5.97 Å². The van der Waals surface area contributed by atoms with E-state index in [0.29, 0.717) is 4.99 Å². The van der Waals surface area contributed by atoms with Gasteiger partial charge in [-0.05, 0) is 19.1 Å². The Labute approximate surface area is 134 Å². The van der Waals surface area contributed by atoms with Gasteiger partial charge in [-0.3, -0.25) is 4.79 Å². The van der Waals surface area contributed by atoms with Gasteiger partial charge in [0.15, 0.2) is 0 Å². The minimum Gasteiger partial charge on any atom is -0.478 e. The van der Waals surface area contributed by atoms with Crippen LogP contribution in [0.3, 0.4) is 0 Å². The van der Waals surface area contributed by atoms with Gasteiger partial charge in [-0.1, -0.05) is 54.2 Å². The molecule has 0 saturated carbocycles. The van der Waals surface area contributed by atoms with E-state index in [1.165, 1.54) is 17.0 Å². The van der Waals surface area contributed by atoms with E-state index in [0.717, 1.165) is 11.1 Å². The number of aryl methyl sites for hydroxylation is 1. The molecule has 0 bridgehead atoms. The molecule has 4 nitrogen and oxygen atoms in total. The Kier molecular flexibility index (Phi) is 4.68. The number of hydrogen-bond donors (Lipinski definition) is 1. The van der Waals surface area contributed by atoms with Crippen LogP contribution < -0.4 is 0 Å². The van der Waals surface area contributed by atoms with Crippen molar-refractivity contribution in [2.45, 2.75) is 6.92 Å². The first kappa shape index (κ1) is 15.9. The number of nitrogens with zero attached hydrogens (tertiary/aromatic N) is 1. The number of carbonyl (C=O) groups excluding carboxylic acids is 1. The molecule has 0 spiro atoms. The summed E-state index contributed by atoms with van der Waals surface area (Å²) < 4.78 is 0. The number of carboxylic acids is 1. The van der Waals surface area contributed by atoms with Gasteiger partial charge in [0, 0.05) is 12.6 Å². The van der Waals surface area contributed by atoms with Gasteiger partial charge in [-0.15, -0.1) is 0 Å². The van der Waals surface area contributed by atoms with E-state index in [1.807, 2.05) is 31.2 Å². The van der Waals surface area contributed by atoms with Gasteiger partial charge in [0.1, 0.15) is 4.99 Å². The van der Waals surface area contributed by atoms with Crippen molar-refractivity contribution in [1.82, 2.24) is 4.90 Å². The van der Waals surface area contributed by atoms with Crippen molar-refractivity contribution in [3.8, 4) is 0 Å². The molecule has 1 N–H and O–H groups in total. The van der Waals surface area contributed by atoms with E-state index in [9.17, 15) is 14.7 Å². The predicted octanol–water partition coefficient (Wildman–Crippen LogP) is 3.14. The third kappa shape index (κ3) is 3.20. The molecule has 2 aromatic rings. The van der Waals surface area contributed by atoms with Crippen molar-refractivity contribution in [3.63, 3.8) is 0 Å². The average molecular weight is 313 g/mol. The molecule has 0 aromatic heterocycles. The predicted molar refractivity (Wildman–Crippen MR) is 88.4 cm³/mol. The summed E-state index contributed by atoms with van der Waals surface area (Å²) in [5, 5.41) is 9.18. The van der Waals surface area contributed by atoms with Crippen LogP contribution in [0.15, 0.2) is 48.5 Å². The summed E-state index contributed by atoms with van der Waals surface area (Å²) in [7, 11) is 1.54. The molecule has 0 radical (unpaired) electrons. The molecule has 2 rings (SSSR count). The first-order valence-electron chi connectivity index (χ1n) is 6.63. The van der Waals surface area contributed by atoms with Gasteiger partial charge in [-0.25, -0.2) is 4.79 Å². The number of rotatable bonds is 3. The van der Waals surface area contributed by atoms with Crippen LogP contribution in [-0.4, -0.2) is 33.9 Å². The molecule has 1 amide bonds. The standard InChI is InChI=1S/C17H15NO3S/c1-11-7-9-12(10-8-11)16(22)18(2)15(19)13-5-3-4-6-14(13)17(20)21/h3-10H,1-2H3,(H,20,21). The van der Waals surface area contributed by atoms with Crippen molar-refractivity contribution in [2.75, 3.05) is 7.05 Å². The maximum absolute atomic E-state index is 12.5. The van der Waals surface area contributed by atoms with Gasteiger partial charge in [0.2, 0.25) is 0 Å². The van der Waals surface area contributed by atoms with E-state index < -0.39 is 11.9 Å². The van der Waals surface area contributed by atoms with Crippen molar-refractivity contribution in [2.24, 2.45) is 0 Å². The topological polar surface area (TPSA) is 57.6 Å². The van der Waals surface area contributed by atoms with E-state index in [2.05, 4.69) is 0 Å². The van der Waals surface area contributed by atoms with E-state index in [-0.39, 0.29) is 11.1 Å². The molecule has 0 aliphatic carbocycles. The van der Waals surface area contributed by atoms with Crippen LogP contribution in [0.4, 0.5) is 0 Å². The highest BCUT2D eigenvalue weighted by Gasteiger charge is 2.21. The summed E-state index contributed by atoms with van der Waals surface area (Å²) in [5.41, 5.74) is 1.92. The second-order valence-electron chi connectivity index (χ2n) is 4.89. The molecule has 5 heteroatoms. The van der Waals surface area contributed by atoms with Crippen LogP contribution in [0.5, 0.6) is 0 Å². The zero-order chi connectivity index (χ0) is 16.3. The second-order valence-corrected chi connectivity index (χ2v) is 5.27. The van der Waals surface area contributed by atoms with Gasteiger partial charge in [-0.2, -0.15) is 0 Å². The highest BCUT2D eigenvalue weighted by molar-refractivity contribution is 7.80. The van der Waals surface area contributed by atoms with Crippen molar-refractivity contribution in [1.29, 1.82) is 0 Å². The Bertz CT molecular complexity index is 738. The summed E-state index contributed by atoms with van der Waals surface area (Å²) in [6.07, 6.45) is 0. The number of carbonyl (C=O) groups is 2. The highest BCUT2D eigenvalue weighted by atomic mass is 32.1. The number of amides is 1. The molecule has 0 unspecified atom stereocenters. The summed E-state index contributed by atoms with van der Waals surface area (Å²) in [6, 6.07) is 13.6. The Morgan fingerprint density at radius 2 is 1.55 bits per heavy atom. The fraction of sp³-hybridized carbons (Fsp3) is 0.118. The first-order valence-corrected chi connectivity index (χ1v) is 7.04. The van der Waals surface area contributed by atoms with Crippen LogP contribution >= 0.6 is 12.2 Å². The fourth-order valence-electron chi connectivity index (χ4n) is 2.02. The maximum atomic E-state index is 12.5. The Balaban J connectivity index is 2.31. The molecular formula is C17H15NO3S. The Morgan fingerprint density at radius 1 is 1.00 bits per heavy atom. The Hall–Kier alpha value is -2.53. The smallest absolute Gasteiger partial charge is 0.336 e. The summed E-state index contributed by atoms with van der Waals surface area (Å²) in [5.74, 6) is -1.58. The maximum Gasteiger partial charge on any atom is 0.336 e.